The Morgan fingerprint density at radius 3 is 2.50 bits per heavy atom. The lowest BCUT2D eigenvalue weighted by Crippen LogP contribution is -2.29. The van der Waals surface area contributed by atoms with Crippen molar-refractivity contribution in [1.29, 1.82) is 0 Å². The largest absolute Gasteiger partial charge is 0.292 e. The Balaban J connectivity index is 1.96. The maximum absolute atomic E-state index is 12.6. The Morgan fingerprint density at radius 1 is 1.00 bits per heavy atom. The monoisotopic (exact) mass is 237 g/mol. The van der Waals surface area contributed by atoms with E-state index in [1.54, 1.807) is 0 Å². The van der Waals surface area contributed by atoms with E-state index in [1.165, 1.54) is 29.2 Å². The van der Waals surface area contributed by atoms with E-state index in [0.717, 1.165) is 18.7 Å². The van der Waals surface area contributed by atoms with E-state index in [4.69, 9.17) is 0 Å². The molecular weight excluding hydrogens is 222 g/mol. The summed E-state index contributed by atoms with van der Waals surface area (Å²) in [5.74, 6) is 0.295. The van der Waals surface area contributed by atoms with Crippen LogP contribution in [0.3, 0.4) is 0 Å². The predicted molar refractivity (Wildman–Crippen MR) is 71.8 cm³/mol. The summed E-state index contributed by atoms with van der Waals surface area (Å²) < 4.78 is 0. The fourth-order valence-corrected chi connectivity index (χ4v) is 3.45. The third-order valence-corrected chi connectivity index (χ3v) is 4.25. The van der Waals surface area contributed by atoms with E-state index in [1.807, 2.05) is 12.1 Å². The Bertz CT molecular complexity index is 635. The molecule has 2 nitrogen and oxygen atoms in total. The number of hydrogen-bond donors (Lipinski definition) is 0. The Kier molecular flexibility index (Phi) is 2.09. The molecule has 0 saturated carbocycles. The van der Waals surface area contributed by atoms with Crippen molar-refractivity contribution in [2.45, 2.75) is 18.9 Å². The average molecular weight is 237 g/mol. The number of Topliss-reactive ketones (excluding diaryl/α,β-unsaturated/α-hetero) is 1. The fourth-order valence-electron chi connectivity index (χ4n) is 3.45. The summed E-state index contributed by atoms with van der Waals surface area (Å²) in [6.07, 6.45) is 2.44. The maximum atomic E-state index is 12.6. The van der Waals surface area contributed by atoms with Gasteiger partial charge in [-0.15, -0.1) is 0 Å². The number of carbonyl (C=O) groups is 1. The molecule has 1 atom stereocenters. The average Bonchev–Trinajstić information content (AvgIpc) is 3.00. The highest BCUT2D eigenvalue weighted by Gasteiger charge is 2.37. The quantitative estimate of drug-likeness (QED) is 0.759. The molecule has 0 amide bonds. The molecule has 2 aromatic carbocycles. The fraction of sp³-hybridized carbons (Fsp3) is 0.312. The van der Waals surface area contributed by atoms with Gasteiger partial charge in [0.1, 0.15) is 0 Å². The first-order valence-electron chi connectivity index (χ1n) is 6.66. The molecule has 2 aliphatic rings. The SMILES string of the molecule is O=C1c2cccc3cccc(c23)C1N1CCCC1. The lowest BCUT2D eigenvalue weighted by Gasteiger charge is -2.22. The number of ketones is 1. The molecule has 18 heavy (non-hydrogen) atoms. The van der Waals surface area contributed by atoms with Crippen molar-refractivity contribution in [3.63, 3.8) is 0 Å². The number of nitrogens with zero attached hydrogens (tertiary/aromatic N) is 1. The van der Waals surface area contributed by atoms with Crippen molar-refractivity contribution in [1.82, 2.24) is 4.90 Å². The lowest BCUT2D eigenvalue weighted by atomic mass is 10.0. The Labute approximate surface area is 106 Å². The van der Waals surface area contributed by atoms with Gasteiger partial charge in [-0.3, -0.25) is 9.69 Å². The molecule has 1 unspecified atom stereocenters. The smallest absolute Gasteiger partial charge is 0.185 e. The summed E-state index contributed by atoms with van der Waals surface area (Å²) in [6, 6.07) is 12.3. The minimum Gasteiger partial charge on any atom is -0.292 e. The van der Waals surface area contributed by atoms with Crippen LogP contribution < -0.4 is 0 Å². The first-order chi connectivity index (χ1) is 8.86. The molecule has 1 saturated heterocycles. The van der Waals surface area contributed by atoms with Crippen molar-refractivity contribution in [3.8, 4) is 0 Å². The van der Waals surface area contributed by atoms with Crippen molar-refractivity contribution in [2.75, 3.05) is 13.1 Å². The van der Waals surface area contributed by atoms with Gasteiger partial charge >= 0.3 is 0 Å². The summed E-state index contributed by atoms with van der Waals surface area (Å²) in [5, 5.41) is 2.38. The maximum Gasteiger partial charge on any atom is 0.185 e. The van der Waals surface area contributed by atoms with Crippen LogP contribution in [-0.4, -0.2) is 23.8 Å². The van der Waals surface area contributed by atoms with Crippen molar-refractivity contribution in [2.24, 2.45) is 0 Å². The van der Waals surface area contributed by atoms with Gasteiger partial charge in [0.25, 0.3) is 0 Å². The summed E-state index contributed by atoms with van der Waals surface area (Å²) in [5.41, 5.74) is 2.13. The van der Waals surface area contributed by atoms with Crippen LogP contribution in [0.25, 0.3) is 10.8 Å². The standard InChI is InChI=1S/C16H15NO/c18-16-13-8-4-6-11-5-3-7-12(14(11)13)15(16)17-9-1-2-10-17/h3-8,15H,1-2,9-10H2. The molecule has 0 aromatic heterocycles. The summed E-state index contributed by atoms with van der Waals surface area (Å²) in [4.78, 5) is 15.0. The van der Waals surface area contributed by atoms with Gasteiger partial charge in [-0.2, -0.15) is 0 Å². The molecule has 0 N–H and O–H groups in total. The van der Waals surface area contributed by atoms with Gasteiger partial charge in [0.05, 0.1) is 6.04 Å². The first kappa shape index (κ1) is 10.3. The van der Waals surface area contributed by atoms with Gasteiger partial charge in [-0.1, -0.05) is 36.4 Å². The highest BCUT2D eigenvalue weighted by atomic mass is 16.1. The minimum atomic E-state index is -0.0198. The molecule has 4 rings (SSSR count). The van der Waals surface area contributed by atoms with Gasteiger partial charge in [0.2, 0.25) is 0 Å². The van der Waals surface area contributed by atoms with E-state index in [2.05, 4.69) is 29.2 Å². The van der Waals surface area contributed by atoms with Crippen LogP contribution in [0.2, 0.25) is 0 Å². The van der Waals surface area contributed by atoms with Crippen LogP contribution in [0.1, 0.15) is 34.8 Å². The van der Waals surface area contributed by atoms with E-state index < -0.39 is 0 Å². The number of hydrogen-bond acceptors (Lipinski definition) is 2. The second kappa shape index (κ2) is 3.66. The van der Waals surface area contributed by atoms with Crippen LogP contribution >= 0.6 is 0 Å². The lowest BCUT2D eigenvalue weighted by molar-refractivity contribution is 0.0862. The van der Waals surface area contributed by atoms with Crippen molar-refractivity contribution >= 4 is 16.6 Å². The zero-order valence-electron chi connectivity index (χ0n) is 10.2. The van der Waals surface area contributed by atoms with Crippen molar-refractivity contribution < 1.29 is 4.79 Å². The van der Waals surface area contributed by atoms with Crippen LogP contribution in [-0.2, 0) is 0 Å². The summed E-state index contributed by atoms with van der Waals surface area (Å²) in [7, 11) is 0. The molecule has 2 heteroatoms. The zero-order valence-corrected chi connectivity index (χ0v) is 10.2. The second-order valence-electron chi connectivity index (χ2n) is 5.26. The predicted octanol–water partition coefficient (Wildman–Crippen LogP) is 3.17. The van der Waals surface area contributed by atoms with Crippen LogP contribution in [0.4, 0.5) is 0 Å². The topological polar surface area (TPSA) is 20.3 Å². The number of likely N-dealkylation sites (tertiary alicyclic amines) is 1. The molecule has 0 spiro atoms. The molecule has 0 radical (unpaired) electrons. The normalized spacial score (nSPS) is 23.1. The molecule has 0 bridgehead atoms. The van der Waals surface area contributed by atoms with Crippen LogP contribution in [0, 0.1) is 0 Å². The zero-order chi connectivity index (χ0) is 12.1. The first-order valence-corrected chi connectivity index (χ1v) is 6.66. The molecule has 2 aromatic rings. The van der Waals surface area contributed by atoms with Gasteiger partial charge < -0.3 is 0 Å². The molecule has 1 aliphatic carbocycles. The van der Waals surface area contributed by atoms with E-state index in [0.29, 0.717) is 5.78 Å². The highest BCUT2D eigenvalue weighted by molar-refractivity contribution is 6.17. The molecule has 1 heterocycles. The van der Waals surface area contributed by atoms with E-state index in [9.17, 15) is 4.79 Å². The van der Waals surface area contributed by atoms with Gasteiger partial charge in [-0.05, 0) is 42.3 Å². The van der Waals surface area contributed by atoms with Gasteiger partial charge in [0, 0.05) is 5.56 Å². The van der Waals surface area contributed by atoms with Gasteiger partial charge in [0.15, 0.2) is 5.78 Å². The number of rotatable bonds is 1. The number of carbonyl (C=O) groups excluding carboxylic acids is 1. The van der Waals surface area contributed by atoms with E-state index in [-0.39, 0.29) is 6.04 Å². The van der Waals surface area contributed by atoms with Crippen LogP contribution in [0.5, 0.6) is 0 Å². The second-order valence-corrected chi connectivity index (χ2v) is 5.26. The summed E-state index contributed by atoms with van der Waals surface area (Å²) >= 11 is 0. The third-order valence-electron chi connectivity index (χ3n) is 4.25. The Morgan fingerprint density at radius 2 is 1.72 bits per heavy atom. The number of benzene rings is 2. The minimum absolute atomic E-state index is 0.0198. The molecule has 1 aliphatic heterocycles. The molecule has 90 valence electrons. The molecular formula is C16H15NO. The van der Waals surface area contributed by atoms with Crippen molar-refractivity contribution in [3.05, 3.63) is 47.5 Å². The Hall–Kier alpha value is -1.67. The van der Waals surface area contributed by atoms with Gasteiger partial charge in [-0.25, -0.2) is 0 Å². The third kappa shape index (κ3) is 1.24. The van der Waals surface area contributed by atoms with E-state index >= 15 is 0 Å². The van der Waals surface area contributed by atoms with Crippen LogP contribution in [0.15, 0.2) is 36.4 Å². The highest BCUT2D eigenvalue weighted by Crippen LogP contribution is 2.40. The summed E-state index contributed by atoms with van der Waals surface area (Å²) in [6.45, 7) is 2.11. The molecule has 1 fully saturated rings.